The van der Waals surface area contributed by atoms with E-state index in [4.69, 9.17) is 4.74 Å². The van der Waals surface area contributed by atoms with Crippen LogP contribution in [0, 0.1) is 0 Å². The molecule has 1 aromatic heterocycles. The summed E-state index contributed by atoms with van der Waals surface area (Å²) in [6, 6.07) is 15.2. The van der Waals surface area contributed by atoms with Gasteiger partial charge in [-0.25, -0.2) is 0 Å². The monoisotopic (exact) mass is 366 g/mol. The number of hydrogen-bond acceptors (Lipinski definition) is 4. The minimum atomic E-state index is -0.610. The van der Waals surface area contributed by atoms with Crippen molar-refractivity contribution in [3.05, 3.63) is 54.1 Å². The molecule has 1 heterocycles. The van der Waals surface area contributed by atoms with E-state index in [0.717, 1.165) is 28.4 Å². The molecule has 0 radical (unpaired) electrons. The molecule has 5 nitrogen and oxygen atoms in total. The quantitative estimate of drug-likeness (QED) is 0.557. The minimum Gasteiger partial charge on any atom is -0.490 e. The number of fused-ring (bicyclic) bond motifs is 1. The number of hydrogen-bond donors (Lipinski definition) is 3. The molecule has 3 aromatic rings. The summed E-state index contributed by atoms with van der Waals surface area (Å²) in [4.78, 5) is 14.6. The van der Waals surface area contributed by atoms with Crippen LogP contribution >= 0.6 is 0 Å². The number of ether oxygens (including phenoxy) is 1. The van der Waals surface area contributed by atoms with Crippen LogP contribution in [0.2, 0.25) is 0 Å². The molecule has 0 aliphatic heterocycles. The average molecular weight is 366 g/mol. The van der Waals surface area contributed by atoms with E-state index in [1.807, 2.05) is 42.5 Å². The summed E-state index contributed by atoms with van der Waals surface area (Å²) in [6.07, 6.45) is 0.252. The second-order valence-corrected chi connectivity index (χ2v) is 7.70. The van der Waals surface area contributed by atoms with Crippen LogP contribution in [0.5, 0.6) is 5.75 Å². The zero-order valence-corrected chi connectivity index (χ0v) is 16.0. The van der Waals surface area contributed by atoms with E-state index in [2.05, 4.69) is 31.1 Å². The summed E-state index contributed by atoms with van der Waals surface area (Å²) in [5, 5.41) is 14.3. The number of H-pyrrole nitrogens is 1. The van der Waals surface area contributed by atoms with E-state index in [1.54, 1.807) is 6.07 Å². The summed E-state index contributed by atoms with van der Waals surface area (Å²) >= 11 is 0. The Labute approximate surface area is 159 Å². The number of aliphatic hydroxyl groups is 1. The Bertz CT molecular complexity index is 925. The zero-order valence-electron chi connectivity index (χ0n) is 16.0. The standard InChI is InChI=1S/C22H26N2O3/c1-22(2,3)23-12-16(26)14-27-21-10-5-4-8-17(21)20-11-18-15(13-25)7-6-9-19(18)24-20/h4-11,13,16,23-24,26H,12,14H2,1-3H3. The predicted molar refractivity (Wildman–Crippen MR) is 108 cm³/mol. The first-order valence-electron chi connectivity index (χ1n) is 9.09. The molecule has 0 saturated heterocycles. The molecule has 3 rings (SSSR count). The predicted octanol–water partition coefficient (Wildman–Crippen LogP) is 3.78. The minimum absolute atomic E-state index is 0.0560. The highest BCUT2D eigenvalue weighted by Gasteiger charge is 2.15. The van der Waals surface area contributed by atoms with Crippen LogP contribution in [0.15, 0.2) is 48.5 Å². The Morgan fingerprint density at radius 3 is 2.70 bits per heavy atom. The van der Waals surface area contributed by atoms with Gasteiger partial charge in [0.2, 0.25) is 0 Å². The molecule has 27 heavy (non-hydrogen) atoms. The Morgan fingerprint density at radius 2 is 1.96 bits per heavy atom. The molecule has 5 heteroatoms. The number of nitrogens with one attached hydrogen (secondary N) is 2. The summed E-state index contributed by atoms with van der Waals surface area (Å²) in [5.74, 6) is 0.687. The van der Waals surface area contributed by atoms with Gasteiger partial charge in [0, 0.05) is 34.1 Å². The van der Waals surface area contributed by atoms with Crippen LogP contribution < -0.4 is 10.1 Å². The maximum absolute atomic E-state index is 11.3. The number of aliphatic hydroxyl groups excluding tert-OH is 1. The number of benzene rings is 2. The van der Waals surface area contributed by atoms with Crippen LogP contribution in [-0.2, 0) is 0 Å². The van der Waals surface area contributed by atoms with Crippen molar-refractivity contribution in [2.75, 3.05) is 13.2 Å². The Hall–Kier alpha value is -2.63. The van der Waals surface area contributed by atoms with Crippen molar-refractivity contribution >= 4 is 17.2 Å². The first kappa shape index (κ1) is 19.1. The lowest BCUT2D eigenvalue weighted by molar-refractivity contribution is 0.100. The van der Waals surface area contributed by atoms with Crippen LogP contribution in [0.4, 0.5) is 0 Å². The fourth-order valence-corrected chi connectivity index (χ4v) is 2.91. The third-order valence-corrected chi connectivity index (χ3v) is 4.30. The van der Waals surface area contributed by atoms with Gasteiger partial charge in [0.15, 0.2) is 6.29 Å². The van der Waals surface area contributed by atoms with E-state index < -0.39 is 6.10 Å². The van der Waals surface area contributed by atoms with Crippen molar-refractivity contribution in [3.8, 4) is 17.0 Å². The molecule has 0 spiro atoms. The van der Waals surface area contributed by atoms with Gasteiger partial charge < -0.3 is 20.1 Å². The van der Waals surface area contributed by atoms with Gasteiger partial charge in [-0.2, -0.15) is 0 Å². The Kier molecular flexibility index (Phi) is 5.63. The maximum atomic E-state index is 11.3. The number of aromatic amines is 1. The van der Waals surface area contributed by atoms with Gasteiger partial charge in [0.05, 0.1) is 5.69 Å². The molecule has 0 amide bonds. The Balaban J connectivity index is 1.79. The first-order valence-corrected chi connectivity index (χ1v) is 9.09. The van der Waals surface area contributed by atoms with Gasteiger partial charge in [-0.15, -0.1) is 0 Å². The highest BCUT2D eigenvalue weighted by molar-refractivity contribution is 5.99. The first-order chi connectivity index (χ1) is 12.9. The second-order valence-electron chi connectivity index (χ2n) is 7.70. The van der Waals surface area contributed by atoms with Crippen LogP contribution in [-0.4, -0.2) is 41.2 Å². The molecule has 1 unspecified atom stereocenters. The van der Waals surface area contributed by atoms with E-state index in [-0.39, 0.29) is 12.1 Å². The normalized spacial score (nSPS) is 12.9. The van der Waals surface area contributed by atoms with E-state index >= 15 is 0 Å². The van der Waals surface area contributed by atoms with E-state index in [1.165, 1.54) is 0 Å². The van der Waals surface area contributed by atoms with Crippen molar-refractivity contribution in [2.45, 2.75) is 32.4 Å². The number of para-hydroxylation sites is 1. The molecule has 2 aromatic carbocycles. The molecule has 0 saturated carbocycles. The molecule has 0 bridgehead atoms. The molecule has 0 aliphatic rings. The van der Waals surface area contributed by atoms with Crippen molar-refractivity contribution in [3.63, 3.8) is 0 Å². The largest absolute Gasteiger partial charge is 0.490 e. The van der Waals surface area contributed by atoms with Crippen LogP contribution in [0.25, 0.3) is 22.2 Å². The smallest absolute Gasteiger partial charge is 0.150 e. The lowest BCUT2D eigenvalue weighted by Gasteiger charge is -2.23. The number of β-amino-alcohol motifs (C(OH)–C–C–N with tert-alkyl or cyclic N) is 1. The molecular formula is C22H26N2O3. The maximum Gasteiger partial charge on any atom is 0.150 e. The molecule has 142 valence electrons. The number of carbonyl (C=O) groups is 1. The average Bonchev–Trinajstić information content (AvgIpc) is 3.08. The van der Waals surface area contributed by atoms with E-state index in [0.29, 0.717) is 17.9 Å². The van der Waals surface area contributed by atoms with Gasteiger partial charge >= 0.3 is 0 Å². The fourth-order valence-electron chi connectivity index (χ4n) is 2.91. The number of aldehydes is 1. The summed E-state index contributed by atoms with van der Waals surface area (Å²) in [5.41, 5.74) is 3.26. The lowest BCUT2D eigenvalue weighted by Crippen LogP contribution is -2.42. The van der Waals surface area contributed by atoms with Crippen molar-refractivity contribution < 1.29 is 14.6 Å². The second kappa shape index (κ2) is 7.94. The van der Waals surface area contributed by atoms with Crippen LogP contribution in [0.3, 0.4) is 0 Å². The number of carbonyl (C=O) groups excluding carboxylic acids is 1. The summed E-state index contributed by atoms with van der Waals surface area (Å²) < 4.78 is 5.89. The van der Waals surface area contributed by atoms with Gasteiger partial charge in [-0.05, 0) is 45.0 Å². The highest BCUT2D eigenvalue weighted by Crippen LogP contribution is 2.32. The number of aromatic nitrogens is 1. The topological polar surface area (TPSA) is 74.3 Å². The highest BCUT2D eigenvalue weighted by atomic mass is 16.5. The van der Waals surface area contributed by atoms with E-state index in [9.17, 15) is 9.90 Å². The van der Waals surface area contributed by atoms with Gasteiger partial charge in [-0.1, -0.05) is 24.3 Å². The van der Waals surface area contributed by atoms with Gasteiger partial charge in [0.25, 0.3) is 0 Å². The molecule has 0 fully saturated rings. The summed E-state index contributed by atoms with van der Waals surface area (Å²) in [6.45, 7) is 6.82. The Morgan fingerprint density at radius 1 is 1.19 bits per heavy atom. The molecule has 0 aliphatic carbocycles. The molecule has 3 N–H and O–H groups in total. The summed E-state index contributed by atoms with van der Waals surface area (Å²) in [7, 11) is 0. The number of rotatable bonds is 7. The lowest BCUT2D eigenvalue weighted by atomic mass is 10.1. The van der Waals surface area contributed by atoms with Gasteiger partial charge in [0.1, 0.15) is 18.5 Å². The van der Waals surface area contributed by atoms with Crippen molar-refractivity contribution in [1.82, 2.24) is 10.3 Å². The third kappa shape index (κ3) is 4.76. The fraction of sp³-hybridized carbons (Fsp3) is 0.318. The molecular weight excluding hydrogens is 340 g/mol. The van der Waals surface area contributed by atoms with Gasteiger partial charge in [-0.3, -0.25) is 4.79 Å². The van der Waals surface area contributed by atoms with Crippen LogP contribution in [0.1, 0.15) is 31.1 Å². The van der Waals surface area contributed by atoms with Crippen molar-refractivity contribution in [2.24, 2.45) is 0 Å². The van der Waals surface area contributed by atoms with Crippen molar-refractivity contribution in [1.29, 1.82) is 0 Å². The molecule has 1 atom stereocenters. The third-order valence-electron chi connectivity index (χ3n) is 4.30. The SMILES string of the molecule is CC(C)(C)NCC(O)COc1ccccc1-c1cc2c(C=O)cccc2[nH]1. The zero-order chi connectivity index (χ0) is 19.4.